The van der Waals surface area contributed by atoms with Gasteiger partial charge in [0.2, 0.25) is 0 Å². The maximum atomic E-state index is 11.8. The number of esters is 1. The number of hydrogen-bond acceptors (Lipinski definition) is 5. The lowest BCUT2D eigenvalue weighted by molar-refractivity contribution is 0.0600. The highest BCUT2D eigenvalue weighted by Crippen LogP contribution is 2.41. The van der Waals surface area contributed by atoms with Gasteiger partial charge in [-0.05, 0) is 68.9 Å². The van der Waals surface area contributed by atoms with Gasteiger partial charge >= 0.3 is 5.97 Å². The Morgan fingerprint density at radius 3 is 2.66 bits per heavy atom. The summed E-state index contributed by atoms with van der Waals surface area (Å²) in [5.41, 5.74) is 2.84. The number of aryl methyl sites for hydroxylation is 1. The molecule has 0 aliphatic carbocycles. The zero-order valence-corrected chi connectivity index (χ0v) is 18.1. The van der Waals surface area contributed by atoms with Crippen molar-refractivity contribution in [3.63, 3.8) is 0 Å². The topological polar surface area (TPSA) is 68.8 Å². The number of anilines is 1. The molecular weight excluding hydrogens is 388 g/mol. The standard InChI is InChI=1S/C22H26N2O4S/c1-13-6-7-14(20(25)27-5)10-17(13)23-21(29)24-18-12-22(2,3)28-19-9-8-15(26-4)11-16(18)19/h6-11,18H,12H2,1-5H3,(H2,23,24,29)/t18-/m0/s1. The number of carbonyl (C=O) groups excluding carboxylic acids is 1. The normalized spacial score (nSPS) is 16.8. The maximum absolute atomic E-state index is 11.8. The molecular formula is C22H26N2O4S. The van der Waals surface area contributed by atoms with Crippen LogP contribution in [0.2, 0.25) is 0 Å². The highest BCUT2D eigenvalue weighted by atomic mass is 32.1. The molecule has 6 nitrogen and oxygen atoms in total. The van der Waals surface area contributed by atoms with Crippen LogP contribution in [0, 0.1) is 6.92 Å². The van der Waals surface area contributed by atoms with Gasteiger partial charge in [0, 0.05) is 17.7 Å². The van der Waals surface area contributed by atoms with Crippen molar-refractivity contribution < 1.29 is 19.0 Å². The minimum absolute atomic E-state index is 0.0482. The molecule has 1 aliphatic heterocycles. The molecule has 0 amide bonds. The molecule has 0 saturated carbocycles. The van der Waals surface area contributed by atoms with Gasteiger partial charge in [-0.25, -0.2) is 4.79 Å². The summed E-state index contributed by atoms with van der Waals surface area (Å²) in [6, 6.07) is 11.0. The minimum atomic E-state index is -0.390. The summed E-state index contributed by atoms with van der Waals surface area (Å²) >= 11 is 5.57. The molecule has 2 N–H and O–H groups in total. The number of hydrogen-bond donors (Lipinski definition) is 2. The molecule has 2 aromatic rings. The third kappa shape index (κ3) is 4.79. The largest absolute Gasteiger partial charge is 0.497 e. The predicted octanol–water partition coefficient (Wildman–Crippen LogP) is 4.38. The van der Waals surface area contributed by atoms with Crippen LogP contribution in [0.15, 0.2) is 36.4 Å². The summed E-state index contributed by atoms with van der Waals surface area (Å²) in [4.78, 5) is 11.8. The Morgan fingerprint density at radius 2 is 1.97 bits per heavy atom. The summed E-state index contributed by atoms with van der Waals surface area (Å²) in [6.07, 6.45) is 0.732. The molecule has 154 valence electrons. The van der Waals surface area contributed by atoms with Gasteiger partial charge < -0.3 is 24.8 Å². The van der Waals surface area contributed by atoms with Gasteiger partial charge in [0.25, 0.3) is 0 Å². The van der Waals surface area contributed by atoms with Crippen LogP contribution in [0.25, 0.3) is 0 Å². The van der Waals surface area contributed by atoms with E-state index < -0.39 is 0 Å². The van der Waals surface area contributed by atoms with Gasteiger partial charge in [-0.3, -0.25) is 0 Å². The van der Waals surface area contributed by atoms with Crippen molar-refractivity contribution in [2.24, 2.45) is 0 Å². The minimum Gasteiger partial charge on any atom is -0.497 e. The van der Waals surface area contributed by atoms with E-state index in [1.54, 1.807) is 19.2 Å². The van der Waals surface area contributed by atoms with Crippen LogP contribution in [-0.4, -0.2) is 30.9 Å². The quantitative estimate of drug-likeness (QED) is 0.568. The van der Waals surface area contributed by atoms with E-state index >= 15 is 0 Å². The highest BCUT2D eigenvalue weighted by molar-refractivity contribution is 7.80. The molecule has 0 spiro atoms. The molecule has 1 aliphatic rings. The van der Waals surface area contributed by atoms with E-state index in [4.69, 9.17) is 26.4 Å². The van der Waals surface area contributed by atoms with Crippen molar-refractivity contribution in [1.29, 1.82) is 0 Å². The van der Waals surface area contributed by atoms with Crippen molar-refractivity contribution >= 4 is 29.0 Å². The molecule has 0 saturated heterocycles. The first-order valence-electron chi connectivity index (χ1n) is 9.36. The lowest BCUT2D eigenvalue weighted by atomic mass is 9.89. The number of thiocarbonyl (C=S) groups is 1. The fourth-order valence-electron chi connectivity index (χ4n) is 3.41. The molecule has 0 radical (unpaired) electrons. The first-order valence-corrected chi connectivity index (χ1v) is 9.76. The first-order chi connectivity index (χ1) is 13.7. The zero-order valence-electron chi connectivity index (χ0n) is 17.3. The summed E-state index contributed by atoms with van der Waals surface area (Å²) in [6.45, 7) is 6.05. The molecule has 29 heavy (non-hydrogen) atoms. The lowest BCUT2D eigenvalue weighted by Gasteiger charge is -2.38. The molecule has 7 heteroatoms. The second-order valence-corrected chi connectivity index (χ2v) is 8.05. The molecule has 1 atom stereocenters. The Labute approximate surface area is 176 Å². The Morgan fingerprint density at radius 1 is 1.21 bits per heavy atom. The van der Waals surface area contributed by atoms with Crippen molar-refractivity contribution in [2.45, 2.75) is 38.8 Å². The summed E-state index contributed by atoms with van der Waals surface area (Å²) in [5, 5.41) is 7.06. The van der Waals surface area contributed by atoms with Gasteiger partial charge in [0.1, 0.15) is 17.1 Å². The van der Waals surface area contributed by atoms with Crippen LogP contribution < -0.4 is 20.1 Å². The predicted molar refractivity (Wildman–Crippen MR) is 117 cm³/mol. The van der Waals surface area contributed by atoms with Crippen LogP contribution in [0.1, 0.15) is 47.8 Å². The van der Waals surface area contributed by atoms with Crippen LogP contribution in [-0.2, 0) is 4.74 Å². The molecule has 0 unspecified atom stereocenters. The molecule has 0 fully saturated rings. The van der Waals surface area contributed by atoms with Crippen LogP contribution in [0.4, 0.5) is 5.69 Å². The third-order valence-corrected chi connectivity index (χ3v) is 5.11. The van der Waals surface area contributed by atoms with Gasteiger partial charge in [0.15, 0.2) is 5.11 Å². The second kappa shape index (κ2) is 8.29. The summed E-state index contributed by atoms with van der Waals surface area (Å²) in [5.74, 6) is 1.18. The fraction of sp³-hybridized carbons (Fsp3) is 0.364. The lowest BCUT2D eigenvalue weighted by Crippen LogP contribution is -2.42. The van der Waals surface area contributed by atoms with E-state index in [1.807, 2.05) is 31.2 Å². The first kappa shape index (κ1) is 20.9. The Balaban J connectivity index is 1.81. The Kier molecular flexibility index (Phi) is 5.98. The monoisotopic (exact) mass is 414 g/mol. The van der Waals surface area contributed by atoms with E-state index in [0.717, 1.165) is 34.7 Å². The summed E-state index contributed by atoms with van der Waals surface area (Å²) < 4.78 is 16.3. The van der Waals surface area contributed by atoms with Gasteiger partial charge in [-0.1, -0.05) is 6.07 Å². The average molecular weight is 415 g/mol. The molecule has 0 aromatic heterocycles. The fourth-order valence-corrected chi connectivity index (χ4v) is 3.66. The molecule has 2 aromatic carbocycles. The number of rotatable bonds is 4. The average Bonchev–Trinajstić information content (AvgIpc) is 2.68. The van der Waals surface area contributed by atoms with Crippen LogP contribution in [0.3, 0.4) is 0 Å². The van der Waals surface area contributed by atoms with E-state index in [1.165, 1.54) is 7.11 Å². The van der Waals surface area contributed by atoms with E-state index in [9.17, 15) is 4.79 Å². The third-order valence-electron chi connectivity index (χ3n) is 4.89. The SMILES string of the molecule is COC(=O)c1ccc(C)c(NC(=S)N[C@H]2CC(C)(C)Oc3ccc(OC)cc32)c1. The van der Waals surface area contributed by atoms with Gasteiger partial charge in [-0.15, -0.1) is 0 Å². The molecule has 1 heterocycles. The van der Waals surface area contributed by atoms with Crippen LogP contribution in [0.5, 0.6) is 11.5 Å². The second-order valence-electron chi connectivity index (χ2n) is 7.64. The van der Waals surface area contributed by atoms with Crippen molar-refractivity contribution in [3.05, 3.63) is 53.1 Å². The number of benzene rings is 2. The molecule has 0 bridgehead atoms. The summed E-state index contributed by atoms with van der Waals surface area (Å²) in [7, 11) is 3.00. The zero-order chi connectivity index (χ0) is 21.2. The number of ether oxygens (including phenoxy) is 3. The van der Waals surface area contributed by atoms with E-state index in [-0.39, 0.29) is 17.6 Å². The van der Waals surface area contributed by atoms with Crippen molar-refractivity contribution in [2.75, 3.05) is 19.5 Å². The van der Waals surface area contributed by atoms with Gasteiger partial charge in [0.05, 0.1) is 25.8 Å². The Hall–Kier alpha value is -2.80. The maximum Gasteiger partial charge on any atom is 0.337 e. The van der Waals surface area contributed by atoms with E-state index in [0.29, 0.717) is 10.7 Å². The number of methoxy groups -OCH3 is 2. The molecule has 3 rings (SSSR count). The Bertz CT molecular complexity index is 942. The van der Waals surface area contributed by atoms with Crippen LogP contribution >= 0.6 is 12.2 Å². The van der Waals surface area contributed by atoms with Crippen molar-refractivity contribution in [3.8, 4) is 11.5 Å². The van der Waals surface area contributed by atoms with Crippen molar-refractivity contribution in [1.82, 2.24) is 5.32 Å². The number of fused-ring (bicyclic) bond motifs is 1. The highest BCUT2D eigenvalue weighted by Gasteiger charge is 2.34. The smallest absolute Gasteiger partial charge is 0.337 e. The van der Waals surface area contributed by atoms with Gasteiger partial charge in [-0.2, -0.15) is 0 Å². The van der Waals surface area contributed by atoms with E-state index in [2.05, 4.69) is 24.5 Å². The number of nitrogens with one attached hydrogen (secondary N) is 2. The number of carbonyl (C=O) groups is 1.